The van der Waals surface area contributed by atoms with Crippen LogP contribution in [0.2, 0.25) is 0 Å². The van der Waals surface area contributed by atoms with Gasteiger partial charge in [0, 0.05) is 18.8 Å². The van der Waals surface area contributed by atoms with Gasteiger partial charge in [-0.15, -0.1) is 0 Å². The summed E-state index contributed by atoms with van der Waals surface area (Å²) in [6.07, 6.45) is 8.81. The summed E-state index contributed by atoms with van der Waals surface area (Å²) in [7, 11) is 0. The Hall–Kier alpha value is -1.58. The summed E-state index contributed by atoms with van der Waals surface area (Å²) in [6.45, 7) is 2.99. The number of rotatable bonds is 2. The number of likely N-dealkylation sites (tertiary alicyclic amines) is 1. The molecule has 1 aromatic heterocycles. The quantitative estimate of drug-likeness (QED) is 0.873. The molecular weight excluding hydrogens is 226 g/mol. The van der Waals surface area contributed by atoms with Crippen molar-refractivity contribution >= 4 is 11.6 Å². The van der Waals surface area contributed by atoms with E-state index in [-0.39, 0.29) is 5.91 Å². The highest BCUT2D eigenvalue weighted by Crippen LogP contribution is 2.22. The summed E-state index contributed by atoms with van der Waals surface area (Å²) in [4.78, 5) is 18.5. The van der Waals surface area contributed by atoms with Crippen molar-refractivity contribution in [3.05, 3.63) is 24.0 Å². The predicted octanol–water partition coefficient (Wildman–Crippen LogP) is 2.46. The molecule has 0 aromatic carbocycles. The van der Waals surface area contributed by atoms with Crippen molar-refractivity contribution in [1.82, 2.24) is 9.88 Å². The van der Waals surface area contributed by atoms with Crippen LogP contribution in [-0.4, -0.2) is 28.4 Å². The summed E-state index contributed by atoms with van der Waals surface area (Å²) in [5.74, 6) is 0.0589. The molecule has 1 fully saturated rings. The Balaban J connectivity index is 2.23. The van der Waals surface area contributed by atoms with E-state index in [1.807, 2.05) is 4.90 Å². The van der Waals surface area contributed by atoms with Crippen molar-refractivity contribution in [3.8, 4) is 0 Å². The first-order valence-electron chi connectivity index (χ1n) is 6.74. The number of pyridine rings is 1. The van der Waals surface area contributed by atoms with Gasteiger partial charge >= 0.3 is 0 Å². The topological polar surface area (TPSA) is 59.2 Å². The molecule has 0 spiro atoms. The number of nitrogens with zero attached hydrogens (tertiary/aromatic N) is 2. The van der Waals surface area contributed by atoms with Crippen molar-refractivity contribution in [1.29, 1.82) is 0 Å². The second-order valence-electron chi connectivity index (χ2n) is 4.87. The fourth-order valence-electron chi connectivity index (χ4n) is 2.63. The fourth-order valence-corrected chi connectivity index (χ4v) is 2.63. The lowest BCUT2D eigenvalue weighted by molar-refractivity contribution is 0.0679. The van der Waals surface area contributed by atoms with Gasteiger partial charge in [-0.05, 0) is 25.3 Å². The van der Waals surface area contributed by atoms with Gasteiger partial charge in [0.15, 0.2) is 0 Å². The van der Waals surface area contributed by atoms with Crippen LogP contribution in [0.25, 0.3) is 0 Å². The van der Waals surface area contributed by atoms with Gasteiger partial charge in [0.1, 0.15) is 0 Å². The number of aromatic nitrogens is 1. The van der Waals surface area contributed by atoms with Crippen molar-refractivity contribution in [2.75, 3.05) is 12.3 Å². The Morgan fingerprint density at radius 1 is 1.50 bits per heavy atom. The maximum absolute atomic E-state index is 12.6. The normalized spacial score (nSPS) is 20.5. The van der Waals surface area contributed by atoms with Gasteiger partial charge in [-0.1, -0.05) is 19.8 Å². The van der Waals surface area contributed by atoms with E-state index in [0.29, 0.717) is 17.3 Å². The third-order valence-corrected chi connectivity index (χ3v) is 3.69. The summed E-state index contributed by atoms with van der Waals surface area (Å²) < 4.78 is 0. The van der Waals surface area contributed by atoms with Crippen molar-refractivity contribution < 1.29 is 4.79 Å². The van der Waals surface area contributed by atoms with E-state index in [9.17, 15) is 4.79 Å². The maximum Gasteiger partial charge on any atom is 0.256 e. The van der Waals surface area contributed by atoms with Crippen LogP contribution in [0.4, 0.5) is 5.69 Å². The molecule has 1 saturated heterocycles. The number of amides is 1. The minimum atomic E-state index is 0.0589. The second kappa shape index (κ2) is 5.85. The van der Waals surface area contributed by atoms with E-state index < -0.39 is 0 Å². The number of carbonyl (C=O) groups excluding carboxylic acids is 1. The molecule has 2 heterocycles. The molecule has 1 aromatic rings. The summed E-state index contributed by atoms with van der Waals surface area (Å²) in [5.41, 5.74) is 6.91. The third-order valence-electron chi connectivity index (χ3n) is 3.69. The molecule has 1 aliphatic rings. The molecule has 4 heteroatoms. The van der Waals surface area contributed by atoms with E-state index in [2.05, 4.69) is 11.9 Å². The number of anilines is 1. The van der Waals surface area contributed by atoms with Gasteiger partial charge in [0.2, 0.25) is 0 Å². The number of nitrogens with two attached hydrogens (primary N) is 1. The van der Waals surface area contributed by atoms with Crippen LogP contribution < -0.4 is 5.73 Å². The molecule has 1 unspecified atom stereocenters. The number of hydrogen-bond donors (Lipinski definition) is 1. The highest BCUT2D eigenvalue weighted by molar-refractivity contribution is 5.99. The molecule has 0 saturated carbocycles. The maximum atomic E-state index is 12.6. The van der Waals surface area contributed by atoms with Gasteiger partial charge in [0.25, 0.3) is 5.91 Å². The Labute approximate surface area is 108 Å². The van der Waals surface area contributed by atoms with Gasteiger partial charge in [0.05, 0.1) is 17.4 Å². The molecule has 1 atom stereocenters. The number of nitrogen functional groups attached to an aromatic ring is 1. The minimum absolute atomic E-state index is 0.0589. The van der Waals surface area contributed by atoms with Crippen molar-refractivity contribution in [2.24, 2.45) is 0 Å². The molecule has 4 nitrogen and oxygen atoms in total. The summed E-state index contributed by atoms with van der Waals surface area (Å²) in [6, 6.07) is 2.07. The van der Waals surface area contributed by atoms with Gasteiger partial charge < -0.3 is 10.6 Å². The zero-order valence-corrected chi connectivity index (χ0v) is 10.9. The summed E-state index contributed by atoms with van der Waals surface area (Å²) >= 11 is 0. The zero-order chi connectivity index (χ0) is 13.0. The van der Waals surface area contributed by atoms with Gasteiger partial charge in [-0.2, -0.15) is 0 Å². The Kier molecular flexibility index (Phi) is 4.18. The minimum Gasteiger partial charge on any atom is -0.397 e. The average molecular weight is 247 g/mol. The van der Waals surface area contributed by atoms with Crippen LogP contribution in [0.15, 0.2) is 18.5 Å². The largest absolute Gasteiger partial charge is 0.397 e. The van der Waals surface area contributed by atoms with Crippen LogP contribution >= 0.6 is 0 Å². The molecular formula is C14H21N3O. The van der Waals surface area contributed by atoms with Crippen molar-refractivity contribution in [2.45, 2.75) is 45.1 Å². The lowest BCUT2D eigenvalue weighted by Gasteiger charge is -2.29. The second-order valence-corrected chi connectivity index (χ2v) is 4.87. The number of carbonyl (C=O) groups is 1. The van der Waals surface area contributed by atoms with Crippen molar-refractivity contribution in [3.63, 3.8) is 0 Å². The molecule has 0 bridgehead atoms. The summed E-state index contributed by atoms with van der Waals surface area (Å²) in [5, 5.41) is 0. The standard InChI is InChI=1S/C14H21N3O/c1-2-11-6-4-3-5-9-17(11)14(18)12-7-8-16-10-13(12)15/h7-8,10-11H,2-6,9,15H2,1H3. The zero-order valence-electron chi connectivity index (χ0n) is 10.9. The van der Waals surface area contributed by atoms with Gasteiger partial charge in [-0.25, -0.2) is 0 Å². The fraction of sp³-hybridized carbons (Fsp3) is 0.571. The van der Waals surface area contributed by atoms with Crippen LogP contribution in [0.3, 0.4) is 0 Å². The highest BCUT2D eigenvalue weighted by Gasteiger charge is 2.25. The van der Waals surface area contributed by atoms with Crippen LogP contribution in [0.1, 0.15) is 49.4 Å². The first-order valence-corrected chi connectivity index (χ1v) is 6.74. The molecule has 18 heavy (non-hydrogen) atoms. The van der Waals surface area contributed by atoms with E-state index >= 15 is 0 Å². The average Bonchev–Trinajstić information content (AvgIpc) is 2.63. The third kappa shape index (κ3) is 2.63. The van der Waals surface area contributed by atoms with Crippen LogP contribution in [0.5, 0.6) is 0 Å². The van der Waals surface area contributed by atoms with E-state index in [1.165, 1.54) is 12.8 Å². The monoisotopic (exact) mass is 247 g/mol. The lowest BCUT2D eigenvalue weighted by atomic mass is 10.1. The SMILES string of the molecule is CCC1CCCCCN1C(=O)c1ccncc1N. The highest BCUT2D eigenvalue weighted by atomic mass is 16.2. The first-order chi connectivity index (χ1) is 8.74. The molecule has 1 amide bonds. The Bertz CT molecular complexity index is 419. The molecule has 98 valence electrons. The molecule has 2 rings (SSSR count). The predicted molar refractivity (Wildman–Crippen MR) is 72.2 cm³/mol. The first kappa shape index (κ1) is 12.9. The molecule has 2 N–H and O–H groups in total. The lowest BCUT2D eigenvalue weighted by Crippen LogP contribution is -2.40. The Morgan fingerprint density at radius 3 is 3.06 bits per heavy atom. The van der Waals surface area contributed by atoms with Crippen LogP contribution in [-0.2, 0) is 0 Å². The van der Waals surface area contributed by atoms with Gasteiger partial charge in [-0.3, -0.25) is 9.78 Å². The number of hydrogen-bond acceptors (Lipinski definition) is 3. The van der Waals surface area contributed by atoms with Crippen LogP contribution in [0, 0.1) is 0 Å². The van der Waals surface area contributed by atoms with E-state index in [0.717, 1.165) is 25.8 Å². The molecule has 1 aliphatic heterocycles. The Morgan fingerprint density at radius 2 is 2.33 bits per heavy atom. The molecule has 0 aliphatic carbocycles. The molecule has 0 radical (unpaired) electrons. The smallest absolute Gasteiger partial charge is 0.256 e. The van der Waals surface area contributed by atoms with E-state index in [4.69, 9.17) is 5.73 Å². The van der Waals surface area contributed by atoms with E-state index in [1.54, 1.807) is 18.5 Å².